The molecule has 3 atom stereocenters. The van der Waals surface area contributed by atoms with Crippen molar-refractivity contribution in [3.63, 3.8) is 0 Å². The number of hydrogen-bond acceptors (Lipinski definition) is 2. The molecule has 24 heavy (non-hydrogen) atoms. The number of rotatable bonds is 2. The van der Waals surface area contributed by atoms with E-state index in [-0.39, 0.29) is 5.56 Å². The van der Waals surface area contributed by atoms with Crippen molar-refractivity contribution in [1.82, 2.24) is 10.3 Å². The first-order valence-electron chi connectivity index (χ1n) is 8.71. The molecule has 3 heteroatoms. The topological polar surface area (TPSA) is 44.9 Å². The van der Waals surface area contributed by atoms with E-state index in [4.69, 9.17) is 0 Å². The normalized spacial score (nSPS) is 24.9. The van der Waals surface area contributed by atoms with Crippen LogP contribution >= 0.6 is 0 Å². The zero-order chi connectivity index (χ0) is 16.1. The van der Waals surface area contributed by atoms with Gasteiger partial charge in [-0.15, -0.1) is 0 Å². The van der Waals surface area contributed by atoms with E-state index in [0.717, 1.165) is 23.7 Å². The van der Waals surface area contributed by atoms with Gasteiger partial charge in [-0.2, -0.15) is 0 Å². The molecule has 0 saturated heterocycles. The summed E-state index contributed by atoms with van der Waals surface area (Å²) in [5, 5.41) is 5.55. The van der Waals surface area contributed by atoms with E-state index in [1.54, 1.807) is 11.8 Å². The molecule has 120 valence electrons. The fraction of sp³-hybridized carbons (Fsp3) is 0.286. The van der Waals surface area contributed by atoms with Gasteiger partial charge < -0.3 is 10.3 Å². The van der Waals surface area contributed by atoms with E-state index < -0.39 is 0 Å². The SMILES string of the molecule is O=c1[nH]ccc2cc(C[C@H]3CC4c5ccccc5CNC43)ccc12. The van der Waals surface area contributed by atoms with Crippen molar-refractivity contribution in [1.29, 1.82) is 0 Å². The van der Waals surface area contributed by atoms with Crippen molar-refractivity contribution >= 4 is 10.8 Å². The van der Waals surface area contributed by atoms with Gasteiger partial charge in [0.25, 0.3) is 5.56 Å². The lowest BCUT2D eigenvalue weighted by Crippen LogP contribution is -2.53. The first kappa shape index (κ1) is 14.0. The molecule has 1 aliphatic carbocycles. The molecular weight excluding hydrogens is 296 g/mol. The summed E-state index contributed by atoms with van der Waals surface area (Å²) in [6.45, 7) is 0.987. The van der Waals surface area contributed by atoms with Crippen molar-refractivity contribution in [2.45, 2.75) is 31.3 Å². The molecule has 2 N–H and O–H groups in total. The van der Waals surface area contributed by atoms with Gasteiger partial charge in [0, 0.05) is 30.1 Å². The highest BCUT2D eigenvalue weighted by molar-refractivity contribution is 5.81. The van der Waals surface area contributed by atoms with Crippen LogP contribution in [0.4, 0.5) is 0 Å². The van der Waals surface area contributed by atoms with Gasteiger partial charge in [-0.3, -0.25) is 4.79 Å². The second-order valence-corrected chi connectivity index (χ2v) is 7.14. The smallest absolute Gasteiger partial charge is 0.255 e. The van der Waals surface area contributed by atoms with Crippen LogP contribution in [0, 0.1) is 5.92 Å². The molecule has 2 heterocycles. The van der Waals surface area contributed by atoms with E-state index in [2.05, 4.69) is 46.7 Å². The first-order valence-corrected chi connectivity index (χ1v) is 8.71. The minimum absolute atomic E-state index is 0.00619. The van der Waals surface area contributed by atoms with E-state index in [1.807, 2.05) is 12.1 Å². The fourth-order valence-corrected chi connectivity index (χ4v) is 4.55. The Morgan fingerprint density at radius 2 is 2.00 bits per heavy atom. The van der Waals surface area contributed by atoms with Gasteiger partial charge in [0.1, 0.15) is 0 Å². The Labute approximate surface area is 140 Å². The molecule has 1 aromatic heterocycles. The van der Waals surface area contributed by atoms with E-state index in [9.17, 15) is 4.79 Å². The summed E-state index contributed by atoms with van der Waals surface area (Å²) < 4.78 is 0. The largest absolute Gasteiger partial charge is 0.329 e. The molecule has 0 radical (unpaired) electrons. The summed E-state index contributed by atoms with van der Waals surface area (Å²) in [5.41, 5.74) is 4.33. The predicted octanol–water partition coefficient (Wildman–Crippen LogP) is 3.35. The summed E-state index contributed by atoms with van der Waals surface area (Å²) in [6, 6.07) is 17.7. The lowest BCUT2D eigenvalue weighted by atomic mass is 9.62. The van der Waals surface area contributed by atoms with Gasteiger partial charge in [-0.05, 0) is 53.0 Å². The van der Waals surface area contributed by atoms with Crippen molar-refractivity contribution < 1.29 is 0 Å². The number of H-pyrrole nitrogens is 1. The Balaban J connectivity index is 1.38. The summed E-state index contributed by atoms with van der Waals surface area (Å²) >= 11 is 0. The molecule has 1 aliphatic heterocycles. The number of aromatic amines is 1. The number of aromatic nitrogens is 1. The number of hydrogen-bond donors (Lipinski definition) is 2. The Kier molecular flexibility index (Phi) is 3.10. The second-order valence-electron chi connectivity index (χ2n) is 7.14. The maximum Gasteiger partial charge on any atom is 0.255 e. The molecule has 0 amide bonds. The predicted molar refractivity (Wildman–Crippen MR) is 96.2 cm³/mol. The number of benzene rings is 2. The van der Waals surface area contributed by atoms with E-state index in [1.165, 1.54) is 17.5 Å². The highest BCUT2D eigenvalue weighted by atomic mass is 16.1. The lowest BCUT2D eigenvalue weighted by Gasteiger charge is -2.49. The van der Waals surface area contributed by atoms with Crippen molar-refractivity contribution in [3.05, 3.63) is 81.8 Å². The molecule has 3 aromatic rings. The molecule has 1 fully saturated rings. The quantitative estimate of drug-likeness (QED) is 0.761. The molecule has 0 bridgehead atoms. The van der Waals surface area contributed by atoms with Crippen LogP contribution < -0.4 is 10.9 Å². The second kappa shape index (κ2) is 5.32. The van der Waals surface area contributed by atoms with Crippen LogP contribution in [0.5, 0.6) is 0 Å². The highest BCUT2D eigenvalue weighted by Crippen LogP contribution is 2.46. The standard InChI is InChI=1S/C21H20N2O/c24-21-18-6-5-13(9-14(18)7-8-22-21)10-16-11-19-17-4-2-1-3-15(17)12-23-20(16)19/h1-9,16,19-20,23H,10-12H2,(H,22,24)/t16-,19?,20?/m0/s1. The average molecular weight is 316 g/mol. The highest BCUT2D eigenvalue weighted by Gasteiger charge is 2.44. The van der Waals surface area contributed by atoms with Crippen LogP contribution in [-0.2, 0) is 13.0 Å². The van der Waals surface area contributed by atoms with Gasteiger partial charge in [-0.1, -0.05) is 36.4 Å². The van der Waals surface area contributed by atoms with Crippen LogP contribution in [0.25, 0.3) is 10.8 Å². The minimum Gasteiger partial charge on any atom is -0.329 e. The summed E-state index contributed by atoms with van der Waals surface area (Å²) in [7, 11) is 0. The maximum atomic E-state index is 11.8. The molecule has 1 saturated carbocycles. The molecule has 3 nitrogen and oxygen atoms in total. The summed E-state index contributed by atoms with van der Waals surface area (Å²) in [4.78, 5) is 14.6. The fourth-order valence-electron chi connectivity index (χ4n) is 4.55. The van der Waals surface area contributed by atoms with Crippen LogP contribution in [0.1, 0.15) is 29.0 Å². The van der Waals surface area contributed by atoms with Crippen LogP contribution in [-0.4, -0.2) is 11.0 Å². The maximum absolute atomic E-state index is 11.8. The molecular formula is C21H20N2O. The zero-order valence-corrected chi connectivity index (χ0v) is 13.5. The van der Waals surface area contributed by atoms with Crippen molar-refractivity contribution in [3.8, 4) is 0 Å². The minimum atomic E-state index is -0.00619. The van der Waals surface area contributed by atoms with E-state index >= 15 is 0 Å². The van der Waals surface area contributed by atoms with Gasteiger partial charge in [-0.25, -0.2) is 0 Å². The Bertz CT molecular complexity index is 975. The molecule has 2 aromatic carbocycles. The lowest BCUT2D eigenvalue weighted by molar-refractivity contribution is 0.153. The zero-order valence-electron chi connectivity index (χ0n) is 13.5. The monoisotopic (exact) mass is 316 g/mol. The Hall–Kier alpha value is -2.39. The third kappa shape index (κ3) is 2.12. The van der Waals surface area contributed by atoms with Gasteiger partial charge in [0.2, 0.25) is 0 Å². The molecule has 2 aliphatic rings. The third-order valence-corrected chi connectivity index (χ3v) is 5.82. The Morgan fingerprint density at radius 1 is 1.08 bits per heavy atom. The van der Waals surface area contributed by atoms with E-state index in [0.29, 0.717) is 17.9 Å². The number of fused-ring (bicyclic) bond motifs is 4. The van der Waals surface area contributed by atoms with Gasteiger partial charge in [0.05, 0.1) is 0 Å². The summed E-state index contributed by atoms with van der Waals surface area (Å²) in [6.07, 6.45) is 4.06. The van der Waals surface area contributed by atoms with Crippen molar-refractivity contribution in [2.24, 2.45) is 5.92 Å². The number of nitrogens with one attached hydrogen (secondary N) is 2. The summed E-state index contributed by atoms with van der Waals surface area (Å²) in [5.74, 6) is 1.35. The van der Waals surface area contributed by atoms with Gasteiger partial charge >= 0.3 is 0 Å². The van der Waals surface area contributed by atoms with Crippen molar-refractivity contribution in [2.75, 3.05) is 0 Å². The number of pyridine rings is 1. The Morgan fingerprint density at radius 3 is 2.96 bits per heavy atom. The first-order chi connectivity index (χ1) is 11.8. The average Bonchev–Trinajstić information content (AvgIpc) is 2.59. The van der Waals surface area contributed by atoms with Crippen LogP contribution in [0.15, 0.2) is 59.5 Å². The van der Waals surface area contributed by atoms with Gasteiger partial charge in [0.15, 0.2) is 0 Å². The molecule has 0 spiro atoms. The molecule has 5 rings (SSSR count). The van der Waals surface area contributed by atoms with Crippen LogP contribution in [0.2, 0.25) is 0 Å². The third-order valence-electron chi connectivity index (χ3n) is 5.82. The van der Waals surface area contributed by atoms with Crippen LogP contribution in [0.3, 0.4) is 0 Å². The molecule has 2 unspecified atom stereocenters.